The van der Waals surface area contributed by atoms with Gasteiger partial charge in [0.25, 0.3) is 0 Å². The van der Waals surface area contributed by atoms with Gasteiger partial charge in [0.15, 0.2) is 6.17 Å². The van der Waals surface area contributed by atoms with Gasteiger partial charge in [0.1, 0.15) is 0 Å². The molecular formula is C8H8N2. The van der Waals surface area contributed by atoms with E-state index in [1.807, 2.05) is 18.2 Å². The van der Waals surface area contributed by atoms with Crippen LogP contribution < -0.4 is 0 Å². The van der Waals surface area contributed by atoms with E-state index in [4.69, 9.17) is 0 Å². The van der Waals surface area contributed by atoms with Gasteiger partial charge in [0.05, 0.1) is 0 Å². The van der Waals surface area contributed by atoms with Gasteiger partial charge in [0, 0.05) is 6.42 Å². The number of benzene rings is 1. The summed E-state index contributed by atoms with van der Waals surface area (Å²) in [6.07, 6.45) is 1.24. The van der Waals surface area contributed by atoms with Crippen LogP contribution in [0.4, 0.5) is 0 Å². The molecule has 0 saturated heterocycles. The van der Waals surface area contributed by atoms with E-state index in [1.165, 1.54) is 5.56 Å². The molecule has 0 bridgehead atoms. The molecule has 0 N–H and O–H groups in total. The molecule has 0 spiro atoms. The molecule has 1 aromatic carbocycles. The van der Waals surface area contributed by atoms with Crippen LogP contribution in [-0.2, 0) is 6.42 Å². The van der Waals surface area contributed by atoms with Crippen molar-refractivity contribution in [2.75, 3.05) is 0 Å². The zero-order chi connectivity index (χ0) is 6.81. The van der Waals surface area contributed by atoms with Crippen LogP contribution >= 0.6 is 0 Å². The molecule has 0 saturated carbocycles. The fourth-order valence-corrected chi connectivity index (χ4v) is 0.954. The van der Waals surface area contributed by atoms with Gasteiger partial charge in [0.2, 0.25) is 0 Å². The van der Waals surface area contributed by atoms with Crippen molar-refractivity contribution in [3.05, 3.63) is 35.9 Å². The van der Waals surface area contributed by atoms with Crippen LogP contribution in [0.2, 0.25) is 0 Å². The molecule has 0 fully saturated rings. The maximum atomic E-state index is 3.82. The van der Waals surface area contributed by atoms with E-state index < -0.39 is 0 Å². The minimum absolute atomic E-state index is 0.266. The molecule has 1 aliphatic rings. The van der Waals surface area contributed by atoms with Crippen LogP contribution in [0.5, 0.6) is 0 Å². The third-order valence-corrected chi connectivity index (χ3v) is 1.54. The number of nitrogens with zero attached hydrogens (tertiary/aromatic N) is 2. The Morgan fingerprint density at radius 1 is 1.10 bits per heavy atom. The maximum Gasteiger partial charge on any atom is 0.185 e. The average Bonchev–Trinajstić information content (AvgIpc) is 2.74. The summed E-state index contributed by atoms with van der Waals surface area (Å²) in [7, 11) is 0. The lowest BCUT2D eigenvalue weighted by Crippen LogP contribution is -1.90. The Balaban J connectivity index is 2.04. The van der Waals surface area contributed by atoms with Crippen molar-refractivity contribution in [1.82, 2.24) is 0 Å². The summed E-state index contributed by atoms with van der Waals surface area (Å²) in [6.45, 7) is 0. The normalized spacial score (nSPS) is 15.6. The van der Waals surface area contributed by atoms with Gasteiger partial charge in [-0.25, -0.2) is 0 Å². The topological polar surface area (TPSA) is 24.7 Å². The number of rotatable bonds is 2. The average molecular weight is 132 g/mol. The smallest absolute Gasteiger partial charge is 0.162 e. The second kappa shape index (κ2) is 2.21. The Labute approximate surface area is 59.6 Å². The van der Waals surface area contributed by atoms with Gasteiger partial charge in [-0.1, -0.05) is 30.3 Å². The first-order valence-electron chi connectivity index (χ1n) is 3.39. The molecule has 50 valence electrons. The third kappa shape index (κ3) is 1.21. The summed E-state index contributed by atoms with van der Waals surface area (Å²) >= 11 is 0. The summed E-state index contributed by atoms with van der Waals surface area (Å²) in [6, 6.07) is 10.3. The molecule has 0 atom stereocenters. The van der Waals surface area contributed by atoms with Crippen molar-refractivity contribution in [2.45, 2.75) is 12.6 Å². The molecule has 0 amide bonds. The van der Waals surface area contributed by atoms with Crippen molar-refractivity contribution in [3.63, 3.8) is 0 Å². The van der Waals surface area contributed by atoms with Crippen molar-refractivity contribution in [3.8, 4) is 0 Å². The molecule has 0 aliphatic carbocycles. The van der Waals surface area contributed by atoms with Crippen LogP contribution in [0.15, 0.2) is 40.6 Å². The highest BCUT2D eigenvalue weighted by Gasteiger charge is 2.14. The lowest BCUT2D eigenvalue weighted by Gasteiger charge is -1.93. The Morgan fingerprint density at radius 3 is 2.40 bits per heavy atom. The maximum absolute atomic E-state index is 3.82. The zero-order valence-electron chi connectivity index (χ0n) is 5.57. The molecule has 0 unspecified atom stereocenters. The highest BCUT2D eigenvalue weighted by Crippen LogP contribution is 2.15. The second-order valence-electron chi connectivity index (χ2n) is 2.40. The number of hydrogen-bond donors (Lipinski definition) is 0. The number of hydrogen-bond acceptors (Lipinski definition) is 2. The Morgan fingerprint density at radius 2 is 1.80 bits per heavy atom. The second-order valence-corrected chi connectivity index (χ2v) is 2.40. The third-order valence-electron chi connectivity index (χ3n) is 1.54. The first-order chi connectivity index (χ1) is 4.95. The van der Waals surface area contributed by atoms with E-state index in [9.17, 15) is 0 Å². The molecule has 1 aliphatic heterocycles. The molecular weight excluding hydrogens is 124 g/mol. The minimum atomic E-state index is 0.266. The minimum Gasteiger partial charge on any atom is -0.162 e. The molecule has 2 heteroatoms. The standard InChI is InChI=1S/C8H8N2/c1-2-4-7(5-3-1)6-8-9-10-8/h1-5,8H,6H2. The first-order valence-corrected chi connectivity index (χ1v) is 3.39. The van der Waals surface area contributed by atoms with Crippen molar-refractivity contribution >= 4 is 0 Å². The first kappa shape index (κ1) is 5.59. The van der Waals surface area contributed by atoms with Gasteiger partial charge < -0.3 is 0 Å². The summed E-state index contributed by atoms with van der Waals surface area (Å²) < 4.78 is 0. The fourth-order valence-electron chi connectivity index (χ4n) is 0.954. The van der Waals surface area contributed by atoms with E-state index in [0.29, 0.717) is 0 Å². The van der Waals surface area contributed by atoms with E-state index in [0.717, 1.165) is 6.42 Å². The molecule has 2 rings (SSSR count). The highest BCUT2D eigenvalue weighted by molar-refractivity contribution is 5.16. The van der Waals surface area contributed by atoms with Crippen molar-refractivity contribution in [2.24, 2.45) is 10.2 Å². The van der Waals surface area contributed by atoms with Gasteiger partial charge >= 0.3 is 0 Å². The zero-order valence-corrected chi connectivity index (χ0v) is 5.57. The molecule has 10 heavy (non-hydrogen) atoms. The fraction of sp³-hybridized carbons (Fsp3) is 0.250. The van der Waals surface area contributed by atoms with Gasteiger partial charge in [-0.15, -0.1) is 0 Å². The predicted octanol–water partition coefficient (Wildman–Crippen LogP) is 2.02. The monoisotopic (exact) mass is 132 g/mol. The van der Waals surface area contributed by atoms with Gasteiger partial charge in [-0.2, -0.15) is 10.2 Å². The molecule has 1 aromatic rings. The quantitative estimate of drug-likeness (QED) is 0.588. The molecule has 0 aromatic heterocycles. The van der Waals surface area contributed by atoms with Crippen LogP contribution in [0, 0.1) is 0 Å². The summed E-state index contributed by atoms with van der Waals surface area (Å²) in [4.78, 5) is 0. The Bertz CT molecular complexity index is 235. The molecule has 0 radical (unpaired) electrons. The van der Waals surface area contributed by atoms with E-state index in [2.05, 4.69) is 22.4 Å². The van der Waals surface area contributed by atoms with Crippen LogP contribution in [0.3, 0.4) is 0 Å². The summed E-state index contributed by atoms with van der Waals surface area (Å²) in [5.74, 6) is 0. The van der Waals surface area contributed by atoms with Crippen LogP contribution in [0.25, 0.3) is 0 Å². The van der Waals surface area contributed by atoms with E-state index in [-0.39, 0.29) is 6.17 Å². The molecule has 2 nitrogen and oxygen atoms in total. The van der Waals surface area contributed by atoms with Crippen LogP contribution in [0.1, 0.15) is 5.56 Å². The van der Waals surface area contributed by atoms with Crippen LogP contribution in [-0.4, -0.2) is 6.17 Å². The highest BCUT2D eigenvalue weighted by atomic mass is 15.4. The van der Waals surface area contributed by atoms with E-state index in [1.54, 1.807) is 0 Å². The Hall–Kier alpha value is -1.18. The van der Waals surface area contributed by atoms with Crippen molar-refractivity contribution < 1.29 is 0 Å². The lowest BCUT2D eigenvalue weighted by molar-refractivity contribution is 0.905. The Kier molecular flexibility index (Phi) is 1.24. The largest absolute Gasteiger partial charge is 0.185 e. The lowest BCUT2D eigenvalue weighted by atomic mass is 10.1. The SMILES string of the molecule is c1ccc(CC2N=N2)cc1. The predicted molar refractivity (Wildman–Crippen MR) is 38.8 cm³/mol. The van der Waals surface area contributed by atoms with Gasteiger partial charge in [-0.05, 0) is 5.56 Å². The van der Waals surface area contributed by atoms with Gasteiger partial charge in [-0.3, -0.25) is 0 Å². The molecule has 1 heterocycles. The summed E-state index contributed by atoms with van der Waals surface area (Å²) in [5, 5.41) is 7.65. The van der Waals surface area contributed by atoms with E-state index >= 15 is 0 Å². The van der Waals surface area contributed by atoms with Crippen molar-refractivity contribution in [1.29, 1.82) is 0 Å². The summed E-state index contributed by atoms with van der Waals surface area (Å²) in [5.41, 5.74) is 1.32.